The van der Waals surface area contributed by atoms with E-state index in [9.17, 15) is 19.3 Å². The van der Waals surface area contributed by atoms with Gasteiger partial charge in [-0.15, -0.1) is 0 Å². The molecule has 1 saturated heterocycles. The molecule has 7 nitrogen and oxygen atoms in total. The maximum absolute atomic E-state index is 13.1. The minimum Gasteiger partial charge on any atom is -0.496 e. The molecule has 1 fully saturated rings. The van der Waals surface area contributed by atoms with E-state index in [1.54, 1.807) is 17.0 Å². The summed E-state index contributed by atoms with van der Waals surface area (Å²) in [7, 11) is 1.40. The highest BCUT2D eigenvalue weighted by atomic mass is 19.1. The van der Waals surface area contributed by atoms with Crippen LogP contribution in [0.2, 0.25) is 0 Å². The number of amides is 1. The van der Waals surface area contributed by atoms with Crippen LogP contribution in [0.3, 0.4) is 0 Å². The van der Waals surface area contributed by atoms with Gasteiger partial charge in [0.15, 0.2) is 0 Å². The van der Waals surface area contributed by atoms with E-state index >= 15 is 0 Å². The molecule has 0 spiro atoms. The average Bonchev–Trinajstić information content (AvgIpc) is 2.67. The summed E-state index contributed by atoms with van der Waals surface area (Å²) >= 11 is 0. The van der Waals surface area contributed by atoms with Crippen LogP contribution in [-0.4, -0.2) is 42.5 Å². The van der Waals surface area contributed by atoms with Crippen LogP contribution in [0.1, 0.15) is 22.0 Å². The zero-order valence-corrected chi connectivity index (χ0v) is 14.1. The van der Waals surface area contributed by atoms with E-state index in [2.05, 4.69) is 0 Å². The summed E-state index contributed by atoms with van der Waals surface area (Å²) in [5, 5.41) is 11.0. The number of carbonyl (C=O) groups is 1. The number of halogens is 1. The standard InChI is InChI=1S/C18H17FN2O5/c1-25-16-7-6-14(21(23)24)10-15(16)18(22)20-8-9-26-17(11-20)12-2-4-13(19)5-3-12/h2-7,10,17H,8-9,11H2,1H3. The zero-order chi connectivity index (χ0) is 18.7. The topological polar surface area (TPSA) is 81.9 Å². The average molecular weight is 360 g/mol. The van der Waals surface area contributed by atoms with Crippen LogP contribution >= 0.6 is 0 Å². The number of hydrogen-bond donors (Lipinski definition) is 0. The Hall–Kier alpha value is -3.00. The molecule has 0 saturated carbocycles. The summed E-state index contributed by atoms with van der Waals surface area (Å²) in [6, 6.07) is 9.80. The predicted octanol–water partition coefficient (Wildman–Crippen LogP) is 2.96. The number of benzene rings is 2. The Morgan fingerprint density at radius 2 is 2.04 bits per heavy atom. The smallest absolute Gasteiger partial charge is 0.270 e. The molecule has 1 aliphatic rings. The molecule has 3 rings (SSSR count). The van der Waals surface area contributed by atoms with Crippen LogP contribution < -0.4 is 4.74 Å². The highest BCUT2D eigenvalue weighted by Gasteiger charge is 2.28. The number of rotatable bonds is 4. The van der Waals surface area contributed by atoms with E-state index in [0.29, 0.717) is 13.2 Å². The van der Waals surface area contributed by atoms with Crippen molar-refractivity contribution in [2.75, 3.05) is 26.8 Å². The molecule has 2 aromatic rings. The van der Waals surface area contributed by atoms with Crippen LogP contribution in [0, 0.1) is 15.9 Å². The Labute approximate surface area is 149 Å². The Morgan fingerprint density at radius 1 is 1.31 bits per heavy atom. The molecule has 1 atom stereocenters. The van der Waals surface area contributed by atoms with Crippen molar-refractivity contribution in [3.8, 4) is 5.75 Å². The van der Waals surface area contributed by atoms with Crippen molar-refractivity contribution in [3.63, 3.8) is 0 Å². The first-order valence-corrected chi connectivity index (χ1v) is 7.98. The Kier molecular flexibility index (Phi) is 5.13. The summed E-state index contributed by atoms with van der Waals surface area (Å²) in [6.45, 7) is 0.920. The molecule has 2 aromatic carbocycles. The summed E-state index contributed by atoms with van der Waals surface area (Å²) in [4.78, 5) is 24.9. The molecule has 0 bridgehead atoms. The number of morpholine rings is 1. The fourth-order valence-corrected chi connectivity index (χ4v) is 2.86. The molecule has 1 amide bonds. The van der Waals surface area contributed by atoms with E-state index in [1.807, 2.05) is 0 Å². The van der Waals surface area contributed by atoms with Crippen molar-refractivity contribution in [1.29, 1.82) is 0 Å². The third-order valence-corrected chi connectivity index (χ3v) is 4.22. The molecule has 26 heavy (non-hydrogen) atoms. The lowest BCUT2D eigenvalue weighted by Gasteiger charge is -2.33. The van der Waals surface area contributed by atoms with Crippen LogP contribution in [0.15, 0.2) is 42.5 Å². The van der Waals surface area contributed by atoms with E-state index in [1.165, 1.54) is 37.4 Å². The van der Waals surface area contributed by atoms with E-state index in [-0.39, 0.29) is 35.3 Å². The van der Waals surface area contributed by atoms with Crippen LogP contribution in [0.4, 0.5) is 10.1 Å². The van der Waals surface area contributed by atoms with Gasteiger partial charge in [-0.05, 0) is 23.8 Å². The first-order valence-electron chi connectivity index (χ1n) is 7.98. The molecule has 0 aromatic heterocycles. The van der Waals surface area contributed by atoms with Crippen LogP contribution in [0.25, 0.3) is 0 Å². The van der Waals surface area contributed by atoms with Gasteiger partial charge in [0.25, 0.3) is 11.6 Å². The van der Waals surface area contributed by atoms with E-state index < -0.39 is 11.0 Å². The summed E-state index contributed by atoms with van der Waals surface area (Å²) < 4.78 is 23.9. The molecule has 1 unspecified atom stereocenters. The van der Waals surface area contributed by atoms with E-state index in [4.69, 9.17) is 9.47 Å². The van der Waals surface area contributed by atoms with Gasteiger partial charge in [0.05, 0.1) is 30.7 Å². The van der Waals surface area contributed by atoms with Crippen molar-refractivity contribution in [1.82, 2.24) is 4.90 Å². The summed E-state index contributed by atoms with van der Waals surface area (Å²) in [6.07, 6.45) is -0.391. The highest BCUT2D eigenvalue weighted by molar-refractivity contribution is 5.97. The Bertz CT molecular complexity index is 825. The minimum absolute atomic E-state index is 0.126. The van der Waals surface area contributed by atoms with Gasteiger partial charge in [-0.25, -0.2) is 4.39 Å². The van der Waals surface area contributed by atoms with Gasteiger partial charge in [0, 0.05) is 18.7 Å². The van der Waals surface area contributed by atoms with Gasteiger partial charge in [-0.1, -0.05) is 12.1 Å². The SMILES string of the molecule is COc1ccc([N+](=O)[O-])cc1C(=O)N1CCOC(c2ccc(F)cc2)C1. The second-order valence-electron chi connectivity index (χ2n) is 5.80. The second kappa shape index (κ2) is 7.49. The Balaban J connectivity index is 1.84. The number of nitrogens with zero attached hydrogens (tertiary/aromatic N) is 2. The molecule has 0 N–H and O–H groups in total. The number of hydrogen-bond acceptors (Lipinski definition) is 5. The lowest BCUT2D eigenvalue weighted by Crippen LogP contribution is -2.42. The van der Waals surface area contributed by atoms with Crippen molar-refractivity contribution in [2.24, 2.45) is 0 Å². The number of methoxy groups -OCH3 is 1. The largest absolute Gasteiger partial charge is 0.496 e. The van der Waals surface area contributed by atoms with Gasteiger partial charge in [-0.3, -0.25) is 14.9 Å². The van der Waals surface area contributed by atoms with Crippen LogP contribution in [-0.2, 0) is 4.74 Å². The lowest BCUT2D eigenvalue weighted by molar-refractivity contribution is -0.384. The molecular formula is C18H17FN2O5. The van der Waals surface area contributed by atoms with Crippen molar-refractivity contribution in [2.45, 2.75) is 6.10 Å². The second-order valence-corrected chi connectivity index (χ2v) is 5.80. The van der Waals surface area contributed by atoms with Gasteiger partial charge in [0.1, 0.15) is 17.7 Å². The highest BCUT2D eigenvalue weighted by Crippen LogP contribution is 2.28. The maximum Gasteiger partial charge on any atom is 0.270 e. The normalized spacial score (nSPS) is 17.0. The van der Waals surface area contributed by atoms with Gasteiger partial charge in [0.2, 0.25) is 0 Å². The molecule has 0 aliphatic carbocycles. The lowest BCUT2D eigenvalue weighted by atomic mass is 10.1. The van der Waals surface area contributed by atoms with Gasteiger partial charge in [-0.2, -0.15) is 0 Å². The number of carbonyl (C=O) groups excluding carboxylic acids is 1. The minimum atomic E-state index is -0.559. The van der Waals surface area contributed by atoms with Crippen LogP contribution in [0.5, 0.6) is 5.75 Å². The molecule has 0 radical (unpaired) electrons. The van der Waals surface area contributed by atoms with E-state index in [0.717, 1.165) is 5.56 Å². The van der Waals surface area contributed by atoms with Gasteiger partial charge >= 0.3 is 0 Å². The number of non-ortho nitro benzene ring substituents is 1. The quantitative estimate of drug-likeness (QED) is 0.618. The fourth-order valence-electron chi connectivity index (χ4n) is 2.86. The first kappa shape index (κ1) is 17.8. The molecule has 1 aliphatic heterocycles. The maximum atomic E-state index is 13.1. The van der Waals surface area contributed by atoms with Crippen molar-refractivity contribution in [3.05, 3.63) is 69.5 Å². The zero-order valence-electron chi connectivity index (χ0n) is 14.1. The summed E-state index contributed by atoms with van der Waals surface area (Å²) in [5.74, 6) is -0.454. The third-order valence-electron chi connectivity index (χ3n) is 4.22. The molecule has 1 heterocycles. The monoisotopic (exact) mass is 360 g/mol. The molecule has 8 heteroatoms. The van der Waals surface area contributed by atoms with Crippen molar-refractivity contribution < 1.29 is 23.6 Å². The fraction of sp³-hybridized carbons (Fsp3) is 0.278. The number of nitro groups is 1. The van der Waals surface area contributed by atoms with Crippen molar-refractivity contribution >= 4 is 11.6 Å². The number of ether oxygens (including phenoxy) is 2. The molecular weight excluding hydrogens is 343 g/mol. The molecule has 136 valence electrons. The predicted molar refractivity (Wildman–Crippen MR) is 90.6 cm³/mol. The Morgan fingerprint density at radius 3 is 2.69 bits per heavy atom. The summed E-state index contributed by atoms with van der Waals surface area (Å²) in [5.41, 5.74) is 0.703. The first-order chi connectivity index (χ1) is 12.5. The van der Waals surface area contributed by atoms with Gasteiger partial charge < -0.3 is 14.4 Å². The number of nitro benzene ring substituents is 1. The third kappa shape index (κ3) is 3.65.